The van der Waals surface area contributed by atoms with Crippen LogP contribution in [-0.4, -0.2) is 25.5 Å². The van der Waals surface area contributed by atoms with Gasteiger partial charge in [-0.3, -0.25) is 9.48 Å². The number of aryl methyl sites for hydroxylation is 4. The molecule has 16 heavy (non-hydrogen) atoms. The van der Waals surface area contributed by atoms with Gasteiger partial charge in [0.25, 0.3) is 5.91 Å². The Hall–Kier alpha value is -1.91. The number of aromatic nitrogens is 4. The molecule has 0 saturated carbocycles. The molecule has 5 nitrogen and oxygen atoms in total. The fraction of sp³-hybridized carbons (Fsp3) is 0.364. The Morgan fingerprint density at radius 2 is 1.94 bits per heavy atom. The van der Waals surface area contributed by atoms with E-state index in [4.69, 9.17) is 0 Å². The van der Waals surface area contributed by atoms with Crippen molar-refractivity contribution in [2.75, 3.05) is 0 Å². The van der Waals surface area contributed by atoms with Gasteiger partial charge in [-0.15, -0.1) is 0 Å². The van der Waals surface area contributed by atoms with Gasteiger partial charge in [-0.25, -0.2) is 4.68 Å². The highest BCUT2D eigenvalue weighted by Crippen LogP contribution is 2.10. The molecule has 0 radical (unpaired) electrons. The minimum absolute atomic E-state index is 0.129. The third-order valence-corrected chi connectivity index (χ3v) is 2.45. The lowest BCUT2D eigenvalue weighted by Gasteiger charge is -2.00. The predicted octanol–water partition coefficient (Wildman–Crippen LogP) is 1.23. The SMILES string of the molecule is Cc1cc(C)n(C(=O)c2cn(C)nc2C)n1. The summed E-state index contributed by atoms with van der Waals surface area (Å²) in [5, 5.41) is 8.32. The molecule has 0 N–H and O–H groups in total. The van der Waals surface area contributed by atoms with E-state index in [1.165, 1.54) is 4.68 Å². The van der Waals surface area contributed by atoms with Crippen LogP contribution in [0.2, 0.25) is 0 Å². The average molecular weight is 218 g/mol. The summed E-state index contributed by atoms with van der Waals surface area (Å²) in [7, 11) is 1.80. The summed E-state index contributed by atoms with van der Waals surface area (Å²) in [5.74, 6) is -0.129. The van der Waals surface area contributed by atoms with Gasteiger partial charge in [-0.05, 0) is 26.8 Å². The smallest absolute Gasteiger partial charge is 0.275 e. The molecule has 0 bridgehead atoms. The monoisotopic (exact) mass is 218 g/mol. The highest BCUT2D eigenvalue weighted by molar-refractivity contribution is 5.96. The van der Waals surface area contributed by atoms with Gasteiger partial charge in [0.15, 0.2) is 0 Å². The molecule has 0 amide bonds. The highest BCUT2D eigenvalue weighted by Gasteiger charge is 2.17. The zero-order valence-corrected chi connectivity index (χ0v) is 9.85. The van der Waals surface area contributed by atoms with Gasteiger partial charge in [0.1, 0.15) is 0 Å². The molecule has 5 heteroatoms. The lowest BCUT2D eigenvalue weighted by atomic mass is 10.2. The topological polar surface area (TPSA) is 52.7 Å². The van der Waals surface area contributed by atoms with Crippen LogP contribution in [0.25, 0.3) is 0 Å². The molecule has 0 saturated heterocycles. The summed E-state index contributed by atoms with van der Waals surface area (Å²) in [5.41, 5.74) is 2.99. The molecule has 0 aromatic carbocycles. The molecule has 2 rings (SSSR count). The predicted molar refractivity (Wildman–Crippen MR) is 59.4 cm³/mol. The van der Waals surface area contributed by atoms with Crippen molar-refractivity contribution in [1.82, 2.24) is 19.6 Å². The summed E-state index contributed by atoms with van der Waals surface area (Å²) in [6.45, 7) is 5.55. The molecule has 2 aromatic heterocycles. The first kappa shape index (κ1) is 10.6. The summed E-state index contributed by atoms with van der Waals surface area (Å²) < 4.78 is 3.05. The average Bonchev–Trinajstić information content (AvgIpc) is 2.68. The second-order valence-electron chi connectivity index (χ2n) is 3.95. The maximum atomic E-state index is 12.2. The van der Waals surface area contributed by atoms with Gasteiger partial charge in [0, 0.05) is 18.9 Å². The fourth-order valence-electron chi connectivity index (χ4n) is 1.76. The van der Waals surface area contributed by atoms with Gasteiger partial charge in [-0.1, -0.05) is 0 Å². The molecular formula is C11H14N4O. The van der Waals surface area contributed by atoms with Crippen LogP contribution in [0, 0.1) is 20.8 Å². The van der Waals surface area contributed by atoms with Crippen molar-refractivity contribution in [3.63, 3.8) is 0 Å². The van der Waals surface area contributed by atoms with Gasteiger partial charge in [0.2, 0.25) is 0 Å². The fourth-order valence-corrected chi connectivity index (χ4v) is 1.76. The van der Waals surface area contributed by atoms with E-state index in [1.54, 1.807) is 17.9 Å². The molecule has 0 aliphatic rings. The first-order valence-electron chi connectivity index (χ1n) is 5.07. The lowest BCUT2D eigenvalue weighted by Crippen LogP contribution is -2.15. The summed E-state index contributed by atoms with van der Waals surface area (Å²) in [6, 6.07) is 1.88. The Labute approximate surface area is 93.7 Å². The van der Waals surface area contributed by atoms with Gasteiger partial charge >= 0.3 is 0 Å². The van der Waals surface area contributed by atoms with E-state index in [-0.39, 0.29) is 5.91 Å². The molecule has 0 atom stereocenters. The number of carbonyl (C=O) groups is 1. The highest BCUT2D eigenvalue weighted by atomic mass is 16.2. The molecule has 0 aliphatic carbocycles. The van der Waals surface area contributed by atoms with E-state index in [0.29, 0.717) is 5.56 Å². The lowest BCUT2D eigenvalue weighted by molar-refractivity contribution is 0.0941. The van der Waals surface area contributed by atoms with Crippen LogP contribution < -0.4 is 0 Å². The Morgan fingerprint density at radius 3 is 2.38 bits per heavy atom. The standard InChI is InChI=1S/C11H14N4O/c1-7-5-8(2)15(12-7)11(16)10-6-14(4)13-9(10)3/h5-6H,1-4H3. The first-order valence-corrected chi connectivity index (χ1v) is 5.07. The molecule has 2 aromatic rings. The van der Waals surface area contributed by atoms with Crippen molar-refractivity contribution in [3.05, 3.63) is 34.9 Å². The van der Waals surface area contributed by atoms with Crippen LogP contribution >= 0.6 is 0 Å². The molecule has 0 spiro atoms. The van der Waals surface area contributed by atoms with Crippen LogP contribution in [0.1, 0.15) is 27.4 Å². The normalized spacial score (nSPS) is 10.8. The van der Waals surface area contributed by atoms with Crippen molar-refractivity contribution < 1.29 is 4.79 Å². The van der Waals surface area contributed by atoms with Crippen LogP contribution in [0.15, 0.2) is 12.3 Å². The number of hydrogen-bond donors (Lipinski definition) is 0. The number of nitrogens with zero attached hydrogens (tertiary/aromatic N) is 4. The molecule has 0 fully saturated rings. The first-order chi connectivity index (χ1) is 7.49. The van der Waals surface area contributed by atoms with E-state index in [9.17, 15) is 4.79 Å². The molecular weight excluding hydrogens is 204 g/mol. The number of rotatable bonds is 1. The Morgan fingerprint density at radius 1 is 1.25 bits per heavy atom. The van der Waals surface area contributed by atoms with E-state index >= 15 is 0 Å². The summed E-state index contributed by atoms with van der Waals surface area (Å²) >= 11 is 0. The maximum absolute atomic E-state index is 12.2. The van der Waals surface area contributed by atoms with Crippen LogP contribution in [0.3, 0.4) is 0 Å². The minimum atomic E-state index is -0.129. The third kappa shape index (κ3) is 1.64. The maximum Gasteiger partial charge on any atom is 0.281 e. The largest absolute Gasteiger partial charge is 0.281 e. The van der Waals surface area contributed by atoms with Crippen molar-refractivity contribution in [1.29, 1.82) is 0 Å². The van der Waals surface area contributed by atoms with Crippen molar-refractivity contribution >= 4 is 5.91 Å². The number of carbonyl (C=O) groups excluding carboxylic acids is 1. The van der Waals surface area contributed by atoms with Crippen LogP contribution in [0.4, 0.5) is 0 Å². The minimum Gasteiger partial charge on any atom is -0.275 e. The number of hydrogen-bond acceptors (Lipinski definition) is 3. The second kappa shape index (κ2) is 3.59. The zero-order valence-electron chi connectivity index (χ0n) is 9.85. The Balaban J connectivity index is 2.46. The van der Waals surface area contributed by atoms with E-state index in [0.717, 1.165) is 17.1 Å². The van der Waals surface area contributed by atoms with Gasteiger partial charge in [0.05, 0.1) is 17.0 Å². The quantitative estimate of drug-likeness (QED) is 0.723. The van der Waals surface area contributed by atoms with Crippen LogP contribution in [-0.2, 0) is 7.05 Å². The van der Waals surface area contributed by atoms with Crippen molar-refractivity contribution in [3.8, 4) is 0 Å². The molecule has 84 valence electrons. The molecule has 0 aliphatic heterocycles. The Kier molecular flexibility index (Phi) is 2.38. The summed E-state index contributed by atoms with van der Waals surface area (Å²) in [6.07, 6.45) is 1.72. The van der Waals surface area contributed by atoms with Crippen LogP contribution in [0.5, 0.6) is 0 Å². The van der Waals surface area contributed by atoms with E-state index < -0.39 is 0 Å². The van der Waals surface area contributed by atoms with Crippen molar-refractivity contribution in [2.24, 2.45) is 7.05 Å². The molecule has 2 heterocycles. The van der Waals surface area contributed by atoms with E-state index in [2.05, 4.69) is 10.2 Å². The van der Waals surface area contributed by atoms with Gasteiger partial charge in [-0.2, -0.15) is 10.2 Å². The van der Waals surface area contributed by atoms with Gasteiger partial charge < -0.3 is 0 Å². The zero-order chi connectivity index (χ0) is 11.9. The van der Waals surface area contributed by atoms with E-state index in [1.807, 2.05) is 26.8 Å². The summed E-state index contributed by atoms with van der Waals surface area (Å²) in [4.78, 5) is 12.2. The Bertz CT molecular complexity index is 502. The molecule has 0 unspecified atom stereocenters. The van der Waals surface area contributed by atoms with Crippen molar-refractivity contribution in [2.45, 2.75) is 20.8 Å². The third-order valence-electron chi connectivity index (χ3n) is 2.45. The second-order valence-corrected chi connectivity index (χ2v) is 3.95.